The monoisotopic (exact) mass is 461 g/mol. The van der Waals surface area contributed by atoms with Gasteiger partial charge in [0, 0.05) is 22.8 Å². The van der Waals surface area contributed by atoms with Crippen molar-refractivity contribution in [3.8, 4) is 11.3 Å². The summed E-state index contributed by atoms with van der Waals surface area (Å²) >= 11 is 12.2. The van der Waals surface area contributed by atoms with Crippen LogP contribution < -0.4 is 5.32 Å². The van der Waals surface area contributed by atoms with Gasteiger partial charge in [0.25, 0.3) is 5.91 Å². The molecule has 1 amide bonds. The number of anilines is 1. The first-order valence-corrected chi connectivity index (χ1v) is 10.6. The Labute approximate surface area is 193 Å². The van der Waals surface area contributed by atoms with Crippen LogP contribution in [0.15, 0.2) is 79.0 Å². The van der Waals surface area contributed by atoms with Crippen molar-refractivity contribution in [2.24, 2.45) is 0 Å². The average molecular weight is 462 g/mol. The minimum Gasteiger partial charge on any atom is -0.304 e. The number of hydrogen-bond acceptors (Lipinski definition) is 3. The summed E-state index contributed by atoms with van der Waals surface area (Å²) in [6.45, 7) is 0.598. The molecule has 0 radical (unpaired) electrons. The molecule has 5 aromatic rings. The van der Waals surface area contributed by atoms with Gasteiger partial charge in [0.1, 0.15) is 5.69 Å². The number of hydrogen-bond donors (Lipinski definition) is 2. The van der Waals surface area contributed by atoms with Gasteiger partial charge in [-0.15, -0.1) is 0 Å². The Kier molecular flexibility index (Phi) is 5.39. The van der Waals surface area contributed by atoms with Gasteiger partial charge in [-0.05, 0) is 40.6 Å². The molecule has 0 spiro atoms. The summed E-state index contributed by atoms with van der Waals surface area (Å²) in [6.07, 6.45) is 1.84. The van der Waals surface area contributed by atoms with Crippen LogP contribution in [0.1, 0.15) is 16.1 Å². The summed E-state index contributed by atoms with van der Waals surface area (Å²) in [5.41, 5.74) is 2.70. The predicted octanol–water partition coefficient (Wildman–Crippen LogP) is 6.03. The maximum Gasteiger partial charge on any atom is 0.274 e. The molecule has 0 aliphatic rings. The predicted molar refractivity (Wildman–Crippen MR) is 127 cm³/mol. The van der Waals surface area contributed by atoms with E-state index in [1.807, 2.05) is 24.4 Å². The summed E-state index contributed by atoms with van der Waals surface area (Å²) in [4.78, 5) is 12.7. The van der Waals surface area contributed by atoms with Crippen molar-refractivity contribution in [1.82, 2.24) is 20.0 Å². The second-order valence-electron chi connectivity index (χ2n) is 7.28. The standard InChI is InChI=1S/C24H17Cl2N5O/c25-17-8-9-19(20(26)12-17)21-13-22(29-28-21)24(32)27-23-10-11-31(30-23)14-16-6-3-5-15-4-1-2-7-18(15)16/h1-13H,14H2,(H,28,29)(H,27,30,32). The van der Waals surface area contributed by atoms with Crippen molar-refractivity contribution in [3.63, 3.8) is 0 Å². The highest BCUT2D eigenvalue weighted by atomic mass is 35.5. The summed E-state index contributed by atoms with van der Waals surface area (Å²) < 4.78 is 1.79. The lowest BCUT2D eigenvalue weighted by atomic mass is 10.0. The molecule has 158 valence electrons. The molecule has 32 heavy (non-hydrogen) atoms. The molecule has 0 aliphatic carbocycles. The molecule has 0 saturated carbocycles. The zero-order valence-corrected chi connectivity index (χ0v) is 18.2. The number of H-pyrrole nitrogens is 1. The Bertz CT molecular complexity index is 1430. The number of aromatic amines is 1. The molecule has 0 aliphatic heterocycles. The third-order valence-electron chi connectivity index (χ3n) is 5.12. The van der Waals surface area contributed by atoms with E-state index in [1.54, 1.807) is 35.0 Å². The van der Waals surface area contributed by atoms with Crippen LogP contribution in [0.3, 0.4) is 0 Å². The Balaban J connectivity index is 1.30. The number of halogens is 2. The molecule has 0 bridgehead atoms. The lowest BCUT2D eigenvalue weighted by molar-refractivity contribution is 0.102. The van der Waals surface area contributed by atoms with Crippen molar-refractivity contribution >= 4 is 45.7 Å². The van der Waals surface area contributed by atoms with E-state index in [2.05, 4.69) is 44.9 Å². The first-order chi connectivity index (χ1) is 15.6. The molecule has 0 atom stereocenters. The van der Waals surface area contributed by atoms with Gasteiger partial charge >= 0.3 is 0 Å². The van der Waals surface area contributed by atoms with E-state index in [0.717, 1.165) is 5.56 Å². The molecule has 3 aromatic carbocycles. The molecule has 0 unspecified atom stereocenters. The van der Waals surface area contributed by atoms with Gasteiger partial charge in [-0.3, -0.25) is 14.6 Å². The number of fused-ring (bicyclic) bond motifs is 1. The van der Waals surface area contributed by atoms with Crippen LogP contribution in [0, 0.1) is 0 Å². The van der Waals surface area contributed by atoms with Crippen molar-refractivity contribution in [2.45, 2.75) is 6.54 Å². The first-order valence-electron chi connectivity index (χ1n) is 9.89. The summed E-state index contributed by atoms with van der Waals surface area (Å²) in [6, 6.07) is 22.9. The molecule has 2 N–H and O–H groups in total. The van der Waals surface area contributed by atoms with Gasteiger partial charge in [0.05, 0.1) is 17.3 Å². The Morgan fingerprint density at radius 2 is 1.84 bits per heavy atom. The molecule has 0 saturated heterocycles. The number of amides is 1. The van der Waals surface area contributed by atoms with Gasteiger partial charge in [-0.1, -0.05) is 65.7 Å². The number of nitrogens with zero attached hydrogens (tertiary/aromatic N) is 3. The summed E-state index contributed by atoms with van der Waals surface area (Å²) in [5.74, 6) is 0.111. The highest BCUT2D eigenvalue weighted by Gasteiger charge is 2.14. The molecule has 8 heteroatoms. The smallest absolute Gasteiger partial charge is 0.274 e. The maximum absolute atomic E-state index is 12.7. The van der Waals surface area contributed by atoms with Crippen LogP contribution in [0.25, 0.3) is 22.0 Å². The maximum atomic E-state index is 12.7. The van der Waals surface area contributed by atoms with E-state index in [-0.39, 0.29) is 5.91 Å². The van der Waals surface area contributed by atoms with Crippen molar-refractivity contribution in [3.05, 3.63) is 100 Å². The molecule has 2 aromatic heterocycles. The lowest BCUT2D eigenvalue weighted by Crippen LogP contribution is -2.13. The van der Waals surface area contributed by atoms with Crippen LogP contribution in [0.4, 0.5) is 5.82 Å². The van der Waals surface area contributed by atoms with Crippen LogP contribution in [0.5, 0.6) is 0 Å². The number of nitrogens with one attached hydrogen (secondary N) is 2. The van der Waals surface area contributed by atoms with Gasteiger partial charge in [0.2, 0.25) is 0 Å². The first kappa shape index (κ1) is 20.3. The SMILES string of the molecule is O=C(Nc1ccn(Cc2cccc3ccccc23)n1)c1cc(-c2ccc(Cl)cc2Cl)n[nH]1. The van der Waals surface area contributed by atoms with E-state index >= 15 is 0 Å². The Hall–Kier alpha value is -3.61. The fourth-order valence-electron chi connectivity index (χ4n) is 3.58. The molecular formula is C24H17Cl2N5O. The van der Waals surface area contributed by atoms with E-state index in [0.29, 0.717) is 39.4 Å². The minimum atomic E-state index is -0.343. The number of aromatic nitrogens is 4. The van der Waals surface area contributed by atoms with Gasteiger partial charge < -0.3 is 5.32 Å². The highest BCUT2D eigenvalue weighted by molar-refractivity contribution is 6.36. The fourth-order valence-corrected chi connectivity index (χ4v) is 4.08. The van der Waals surface area contributed by atoms with Crippen molar-refractivity contribution in [1.29, 1.82) is 0 Å². The fraction of sp³-hybridized carbons (Fsp3) is 0.0417. The number of carbonyl (C=O) groups is 1. The topological polar surface area (TPSA) is 75.6 Å². The van der Waals surface area contributed by atoms with Crippen LogP contribution in [0.2, 0.25) is 10.0 Å². The van der Waals surface area contributed by atoms with Crippen LogP contribution in [-0.4, -0.2) is 25.9 Å². The lowest BCUT2D eigenvalue weighted by Gasteiger charge is -2.06. The zero-order chi connectivity index (χ0) is 22.1. The zero-order valence-electron chi connectivity index (χ0n) is 16.7. The second kappa shape index (κ2) is 8.49. The van der Waals surface area contributed by atoms with Gasteiger partial charge in [-0.25, -0.2) is 0 Å². The second-order valence-corrected chi connectivity index (χ2v) is 8.13. The summed E-state index contributed by atoms with van der Waals surface area (Å²) in [7, 11) is 0. The van der Waals surface area contributed by atoms with Crippen molar-refractivity contribution < 1.29 is 4.79 Å². The van der Waals surface area contributed by atoms with Gasteiger partial charge in [-0.2, -0.15) is 10.2 Å². The minimum absolute atomic E-state index is 0.301. The Morgan fingerprint density at radius 1 is 1.00 bits per heavy atom. The van der Waals surface area contributed by atoms with Crippen LogP contribution in [-0.2, 0) is 6.54 Å². The number of benzene rings is 3. The summed E-state index contributed by atoms with van der Waals surface area (Å²) in [5, 5.41) is 17.6. The number of carbonyl (C=O) groups excluding carboxylic acids is 1. The largest absolute Gasteiger partial charge is 0.304 e. The number of rotatable bonds is 5. The van der Waals surface area contributed by atoms with Crippen LogP contribution >= 0.6 is 23.2 Å². The van der Waals surface area contributed by atoms with Crippen molar-refractivity contribution in [2.75, 3.05) is 5.32 Å². The van der Waals surface area contributed by atoms with E-state index < -0.39 is 0 Å². The molecule has 6 nitrogen and oxygen atoms in total. The third kappa shape index (κ3) is 4.10. The molecule has 2 heterocycles. The molecule has 0 fully saturated rings. The quantitative estimate of drug-likeness (QED) is 0.335. The van der Waals surface area contributed by atoms with E-state index in [9.17, 15) is 4.79 Å². The van der Waals surface area contributed by atoms with Gasteiger partial charge in [0.15, 0.2) is 5.82 Å². The van der Waals surface area contributed by atoms with E-state index in [1.165, 1.54) is 10.8 Å². The van der Waals surface area contributed by atoms with E-state index in [4.69, 9.17) is 23.2 Å². The molecule has 5 rings (SSSR count). The normalized spacial score (nSPS) is 11.1. The Morgan fingerprint density at radius 3 is 2.72 bits per heavy atom. The molecular weight excluding hydrogens is 445 g/mol. The third-order valence-corrected chi connectivity index (χ3v) is 5.67. The average Bonchev–Trinajstić information content (AvgIpc) is 3.44. The highest BCUT2D eigenvalue weighted by Crippen LogP contribution is 2.29.